The van der Waals surface area contributed by atoms with Crippen molar-refractivity contribution in [2.24, 2.45) is 11.0 Å². The highest BCUT2D eigenvalue weighted by Crippen LogP contribution is 2.30. The average Bonchev–Trinajstić information content (AvgIpc) is 3.46. The standard InChI is InChI=1S/C19H18Cl2N2O3/c1-25-18-8-12(10-22-23-19(24)13-3-4-13)2-7-17(18)26-11-14-5-6-15(20)9-16(14)21/h2,5-10,13H,3-4,11H2,1H3,(H,23,24)/b22-10-. The van der Waals surface area contributed by atoms with E-state index in [1.165, 1.54) is 0 Å². The number of hydrogen-bond acceptors (Lipinski definition) is 4. The van der Waals surface area contributed by atoms with E-state index in [9.17, 15) is 4.79 Å². The van der Waals surface area contributed by atoms with Gasteiger partial charge in [-0.1, -0.05) is 29.3 Å². The lowest BCUT2D eigenvalue weighted by atomic mass is 10.2. The number of carbonyl (C=O) groups excluding carboxylic acids is 1. The van der Waals surface area contributed by atoms with E-state index < -0.39 is 0 Å². The molecule has 1 aliphatic rings. The number of rotatable bonds is 7. The number of benzene rings is 2. The zero-order valence-corrected chi connectivity index (χ0v) is 15.7. The van der Waals surface area contributed by atoms with Crippen molar-refractivity contribution in [3.63, 3.8) is 0 Å². The minimum atomic E-state index is -0.0342. The van der Waals surface area contributed by atoms with Crippen LogP contribution >= 0.6 is 23.2 Å². The molecule has 0 atom stereocenters. The number of carbonyl (C=O) groups is 1. The molecule has 26 heavy (non-hydrogen) atoms. The Labute approximate surface area is 161 Å². The van der Waals surface area contributed by atoms with Crippen molar-refractivity contribution in [3.8, 4) is 11.5 Å². The lowest BCUT2D eigenvalue weighted by Gasteiger charge is -2.12. The minimum absolute atomic E-state index is 0.0342. The summed E-state index contributed by atoms with van der Waals surface area (Å²) in [5.41, 5.74) is 4.15. The summed E-state index contributed by atoms with van der Waals surface area (Å²) in [7, 11) is 1.56. The zero-order valence-electron chi connectivity index (χ0n) is 14.2. The molecular weight excluding hydrogens is 375 g/mol. The maximum absolute atomic E-state index is 11.6. The van der Waals surface area contributed by atoms with Crippen molar-refractivity contribution in [3.05, 3.63) is 57.6 Å². The summed E-state index contributed by atoms with van der Waals surface area (Å²) in [5.74, 6) is 1.23. The van der Waals surface area contributed by atoms with Gasteiger partial charge in [0.2, 0.25) is 5.91 Å². The van der Waals surface area contributed by atoms with Crippen molar-refractivity contribution >= 4 is 35.3 Å². The fourth-order valence-electron chi connectivity index (χ4n) is 2.29. The van der Waals surface area contributed by atoms with Crippen LogP contribution in [0, 0.1) is 5.92 Å². The molecule has 0 spiro atoms. The molecule has 5 nitrogen and oxygen atoms in total. The summed E-state index contributed by atoms with van der Waals surface area (Å²) in [5, 5.41) is 5.10. The topological polar surface area (TPSA) is 59.9 Å². The molecule has 2 aromatic rings. The van der Waals surface area contributed by atoms with E-state index in [1.807, 2.05) is 12.1 Å². The Bertz CT molecular complexity index is 836. The first-order chi connectivity index (χ1) is 12.6. The fourth-order valence-corrected chi connectivity index (χ4v) is 2.75. The molecule has 0 saturated heterocycles. The molecule has 3 rings (SSSR count). The van der Waals surface area contributed by atoms with Gasteiger partial charge in [0.15, 0.2) is 11.5 Å². The van der Waals surface area contributed by atoms with E-state index >= 15 is 0 Å². The van der Waals surface area contributed by atoms with Gasteiger partial charge in [-0.25, -0.2) is 5.43 Å². The van der Waals surface area contributed by atoms with Crippen molar-refractivity contribution in [1.29, 1.82) is 0 Å². The Morgan fingerprint density at radius 2 is 2.04 bits per heavy atom. The first kappa shape index (κ1) is 18.5. The van der Waals surface area contributed by atoms with E-state index in [2.05, 4.69) is 10.5 Å². The number of nitrogens with one attached hydrogen (secondary N) is 1. The Morgan fingerprint density at radius 3 is 2.73 bits per heavy atom. The van der Waals surface area contributed by atoms with E-state index in [-0.39, 0.29) is 18.4 Å². The minimum Gasteiger partial charge on any atom is -0.493 e. The Morgan fingerprint density at radius 1 is 1.23 bits per heavy atom. The number of halogens is 2. The molecule has 136 valence electrons. The number of hydrazone groups is 1. The van der Waals surface area contributed by atoms with Crippen LogP contribution in [0.3, 0.4) is 0 Å². The molecular formula is C19H18Cl2N2O3. The summed E-state index contributed by atoms with van der Waals surface area (Å²) in [6.45, 7) is 0.289. The van der Waals surface area contributed by atoms with Crippen LogP contribution in [0.25, 0.3) is 0 Å². The second-order valence-electron chi connectivity index (χ2n) is 5.94. The highest BCUT2D eigenvalue weighted by Gasteiger charge is 2.29. The van der Waals surface area contributed by atoms with Gasteiger partial charge in [0.25, 0.3) is 0 Å². The smallest absolute Gasteiger partial charge is 0.243 e. The highest BCUT2D eigenvalue weighted by atomic mass is 35.5. The third-order valence-corrected chi connectivity index (χ3v) is 4.51. The van der Waals surface area contributed by atoms with Gasteiger partial charge < -0.3 is 9.47 Å². The maximum atomic E-state index is 11.6. The monoisotopic (exact) mass is 392 g/mol. The van der Waals surface area contributed by atoms with Gasteiger partial charge in [0.1, 0.15) is 6.61 Å². The summed E-state index contributed by atoms with van der Waals surface area (Å²) in [6.07, 6.45) is 3.46. The van der Waals surface area contributed by atoms with Gasteiger partial charge in [0, 0.05) is 21.5 Å². The molecule has 0 heterocycles. The number of nitrogens with zero attached hydrogens (tertiary/aromatic N) is 1. The number of amides is 1. The molecule has 0 bridgehead atoms. The van der Waals surface area contributed by atoms with Crippen LogP contribution in [0.2, 0.25) is 10.0 Å². The summed E-state index contributed by atoms with van der Waals surface area (Å²) in [4.78, 5) is 11.6. The molecule has 1 saturated carbocycles. The van der Waals surface area contributed by atoms with Gasteiger partial charge in [-0.15, -0.1) is 0 Å². The first-order valence-electron chi connectivity index (χ1n) is 8.14. The first-order valence-corrected chi connectivity index (χ1v) is 8.90. The molecule has 0 aromatic heterocycles. The predicted octanol–water partition coefficient (Wildman–Crippen LogP) is 4.44. The quantitative estimate of drug-likeness (QED) is 0.559. The highest BCUT2D eigenvalue weighted by molar-refractivity contribution is 6.35. The zero-order chi connectivity index (χ0) is 18.5. The number of methoxy groups -OCH3 is 1. The average molecular weight is 393 g/mol. The van der Waals surface area contributed by atoms with Crippen LogP contribution in [-0.2, 0) is 11.4 Å². The Balaban J connectivity index is 1.64. The third kappa shape index (κ3) is 4.90. The largest absolute Gasteiger partial charge is 0.493 e. The van der Waals surface area contributed by atoms with E-state index in [0.29, 0.717) is 21.5 Å². The lowest BCUT2D eigenvalue weighted by molar-refractivity contribution is -0.122. The molecule has 0 aliphatic heterocycles. The van der Waals surface area contributed by atoms with Crippen molar-refractivity contribution in [2.45, 2.75) is 19.4 Å². The molecule has 0 unspecified atom stereocenters. The van der Waals surface area contributed by atoms with Gasteiger partial charge in [0.05, 0.1) is 13.3 Å². The molecule has 1 amide bonds. The molecule has 1 fully saturated rings. The second kappa shape index (κ2) is 8.43. The number of ether oxygens (including phenoxy) is 2. The maximum Gasteiger partial charge on any atom is 0.243 e. The predicted molar refractivity (Wildman–Crippen MR) is 102 cm³/mol. The summed E-state index contributed by atoms with van der Waals surface area (Å²) < 4.78 is 11.2. The van der Waals surface area contributed by atoms with Crippen molar-refractivity contribution in [1.82, 2.24) is 5.43 Å². The molecule has 7 heteroatoms. The van der Waals surface area contributed by atoms with Crippen LogP contribution in [-0.4, -0.2) is 19.2 Å². The molecule has 0 radical (unpaired) electrons. The molecule has 1 N–H and O–H groups in total. The van der Waals surface area contributed by atoms with Crippen molar-refractivity contribution < 1.29 is 14.3 Å². The van der Waals surface area contributed by atoms with Crippen LogP contribution in [0.5, 0.6) is 11.5 Å². The second-order valence-corrected chi connectivity index (χ2v) is 6.79. The van der Waals surface area contributed by atoms with Crippen LogP contribution in [0.15, 0.2) is 41.5 Å². The van der Waals surface area contributed by atoms with E-state index in [0.717, 1.165) is 24.0 Å². The lowest BCUT2D eigenvalue weighted by Crippen LogP contribution is -2.18. The molecule has 2 aromatic carbocycles. The van der Waals surface area contributed by atoms with Gasteiger partial charge in [-0.3, -0.25) is 4.79 Å². The SMILES string of the molecule is COc1cc(/C=N\NC(=O)C2CC2)ccc1OCc1ccc(Cl)cc1Cl. The van der Waals surface area contributed by atoms with Crippen LogP contribution in [0.4, 0.5) is 0 Å². The van der Waals surface area contributed by atoms with E-state index in [4.69, 9.17) is 32.7 Å². The summed E-state index contributed by atoms with van der Waals surface area (Å²) >= 11 is 12.1. The van der Waals surface area contributed by atoms with E-state index in [1.54, 1.807) is 37.6 Å². The Kier molecular flexibility index (Phi) is 6.01. The van der Waals surface area contributed by atoms with Gasteiger partial charge in [-0.05, 0) is 48.7 Å². The normalized spacial score (nSPS) is 13.7. The van der Waals surface area contributed by atoms with Gasteiger partial charge in [-0.2, -0.15) is 5.10 Å². The fraction of sp³-hybridized carbons (Fsp3) is 0.263. The van der Waals surface area contributed by atoms with Crippen LogP contribution in [0.1, 0.15) is 24.0 Å². The summed E-state index contributed by atoms with van der Waals surface area (Å²) in [6, 6.07) is 10.7. The molecule has 1 aliphatic carbocycles. The third-order valence-electron chi connectivity index (χ3n) is 3.92. The van der Waals surface area contributed by atoms with Gasteiger partial charge >= 0.3 is 0 Å². The Hall–Kier alpha value is -2.24. The number of hydrogen-bond donors (Lipinski definition) is 1. The van der Waals surface area contributed by atoms with Crippen LogP contribution < -0.4 is 14.9 Å². The van der Waals surface area contributed by atoms with Crippen molar-refractivity contribution in [2.75, 3.05) is 7.11 Å².